The number of rotatable bonds is 5. The molecule has 0 radical (unpaired) electrons. The molecule has 0 unspecified atom stereocenters. The van der Waals surface area contributed by atoms with Crippen molar-refractivity contribution in [3.05, 3.63) is 77.9 Å². The van der Waals surface area contributed by atoms with Crippen molar-refractivity contribution in [2.45, 2.75) is 19.4 Å². The highest BCUT2D eigenvalue weighted by Gasteiger charge is 2.67. The number of para-hydroxylation sites is 1. The maximum absolute atomic E-state index is 13.5. The van der Waals surface area contributed by atoms with Crippen LogP contribution >= 0.6 is 0 Å². The first-order valence-corrected chi connectivity index (χ1v) is 11.4. The molecule has 166 valence electrons. The van der Waals surface area contributed by atoms with E-state index in [1.165, 1.54) is 17.9 Å². The van der Waals surface area contributed by atoms with E-state index in [9.17, 15) is 19.2 Å². The normalized spacial score (nSPS) is 31.7. The van der Waals surface area contributed by atoms with Gasteiger partial charge in [-0.3, -0.25) is 14.4 Å². The number of Topliss-reactive ketones (excluding diaryl/α,β-unsaturated/α-hetero) is 1. The minimum absolute atomic E-state index is 0.106. The molecule has 3 fully saturated rings. The van der Waals surface area contributed by atoms with Crippen molar-refractivity contribution >= 4 is 29.3 Å². The fraction of sp³-hybridized carbons (Fsp3) is 0.333. The van der Waals surface area contributed by atoms with E-state index in [0.29, 0.717) is 17.4 Å². The zero-order chi connectivity index (χ0) is 22.9. The Kier molecular flexibility index (Phi) is 4.41. The van der Waals surface area contributed by atoms with E-state index in [2.05, 4.69) is 12.2 Å². The monoisotopic (exact) mass is 441 g/mol. The summed E-state index contributed by atoms with van der Waals surface area (Å²) in [6.45, 7) is 1.52. The number of amides is 2. The number of nitrogens with zero attached hydrogens (tertiary/aromatic N) is 1. The summed E-state index contributed by atoms with van der Waals surface area (Å²) in [6.07, 6.45) is 4.32. The number of benzene rings is 2. The first-order chi connectivity index (χ1) is 16.0. The quantitative estimate of drug-likeness (QED) is 0.306. The number of ketones is 1. The van der Waals surface area contributed by atoms with E-state index in [0.717, 1.165) is 6.42 Å². The van der Waals surface area contributed by atoms with Gasteiger partial charge in [-0.15, -0.1) is 0 Å². The maximum atomic E-state index is 13.5. The number of carbonyl (C=O) groups is 4. The zero-order valence-corrected chi connectivity index (χ0v) is 18.1. The van der Waals surface area contributed by atoms with E-state index in [-0.39, 0.29) is 52.5 Å². The van der Waals surface area contributed by atoms with Crippen LogP contribution in [-0.2, 0) is 14.3 Å². The number of esters is 1. The van der Waals surface area contributed by atoms with Crippen molar-refractivity contribution in [1.82, 2.24) is 0 Å². The van der Waals surface area contributed by atoms with Gasteiger partial charge in [-0.2, -0.15) is 0 Å². The Morgan fingerprint density at radius 1 is 0.879 bits per heavy atom. The third-order valence-corrected chi connectivity index (χ3v) is 7.74. The first-order valence-electron chi connectivity index (χ1n) is 11.4. The van der Waals surface area contributed by atoms with Crippen LogP contribution in [0.2, 0.25) is 0 Å². The van der Waals surface area contributed by atoms with Crippen molar-refractivity contribution in [3.8, 4) is 0 Å². The van der Waals surface area contributed by atoms with Gasteiger partial charge in [0.05, 0.1) is 23.1 Å². The number of carbonyl (C=O) groups excluding carboxylic acids is 4. The molecule has 0 N–H and O–H groups in total. The Balaban J connectivity index is 1.27. The number of hydrogen-bond acceptors (Lipinski definition) is 5. The lowest BCUT2D eigenvalue weighted by molar-refractivity contribution is -0.124. The predicted octanol–water partition coefficient (Wildman–Crippen LogP) is 3.67. The molecule has 7 rings (SSSR count). The first kappa shape index (κ1) is 20.1. The smallest absolute Gasteiger partial charge is 0.340 e. The second-order valence-corrected chi connectivity index (χ2v) is 9.46. The highest BCUT2D eigenvalue weighted by Crippen LogP contribution is 2.65. The number of allylic oxidation sites excluding steroid dienone is 2. The number of hydrogen-bond donors (Lipinski definition) is 0. The molecule has 1 aliphatic heterocycles. The highest BCUT2D eigenvalue weighted by molar-refractivity contribution is 6.24. The van der Waals surface area contributed by atoms with Gasteiger partial charge in [-0.25, -0.2) is 9.69 Å². The van der Waals surface area contributed by atoms with Crippen LogP contribution in [0.5, 0.6) is 0 Å². The van der Waals surface area contributed by atoms with E-state index >= 15 is 0 Å². The molecule has 2 saturated carbocycles. The van der Waals surface area contributed by atoms with Crippen LogP contribution in [0, 0.1) is 35.5 Å². The van der Waals surface area contributed by atoms with E-state index < -0.39 is 12.1 Å². The summed E-state index contributed by atoms with van der Waals surface area (Å²) in [6, 6.07) is 15.1. The molecule has 2 amide bonds. The Hall–Kier alpha value is -3.54. The second-order valence-electron chi connectivity index (χ2n) is 9.46. The Morgan fingerprint density at radius 3 is 2.09 bits per heavy atom. The van der Waals surface area contributed by atoms with Crippen LogP contribution in [0.3, 0.4) is 0 Å². The molecule has 5 aliphatic rings. The number of anilines is 1. The van der Waals surface area contributed by atoms with E-state index in [1.54, 1.807) is 48.5 Å². The van der Waals surface area contributed by atoms with Crippen LogP contribution in [-0.4, -0.2) is 29.7 Å². The molecule has 2 aromatic carbocycles. The zero-order valence-electron chi connectivity index (χ0n) is 18.1. The van der Waals surface area contributed by atoms with Gasteiger partial charge in [0.25, 0.3) is 0 Å². The van der Waals surface area contributed by atoms with Gasteiger partial charge in [0.1, 0.15) is 0 Å². The molecule has 1 saturated heterocycles. The van der Waals surface area contributed by atoms with Crippen LogP contribution in [0.1, 0.15) is 34.1 Å². The summed E-state index contributed by atoms with van der Waals surface area (Å²) in [7, 11) is 0. The van der Waals surface area contributed by atoms with Crippen LogP contribution in [0.15, 0.2) is 66.7 Å². The average Bonchev–Trinajstić information content (AvgIpc) is 3.62. The van der Waals surface area contributed by atoms with Crippen molar-refractivity contribution < 1.29 is 23.9 Å². The van der Waals surface area contributed by atoms with Gasteiger partial charge in [0.2, 0.25) is 17.6 Å². The van der Waals surface area contributed by atoms with Gasteiger partial charge >= 0.3 is 5.97 Å². The molecule has 1 heterocycles. The lowest BCUT2D eigenvalue weighted by atomic mass is 9.63. The molecule has 0 spiro atoms. The van der Waals surface area contributed by atoms with Crippen molar-refractivity contribution in [3.63, 3.8) is 0 Å². The standard InChI is InChI=1S/C27H23NO5/c1-14(24(29)15-7-3-2-4-8-15)33-27(32)18-9-5-6-10-21(18)28-25(30)22-16-11-12-17(20-13-19(16)20)23(22)26(28)31/h2-12,14,16-17,19-20,22-23H,13H2,1H3/t14-,16-,17-,19-,20+,22+,23+/m0/s1. The molecule has 4 aliphatic carbocycles. The molecular weight excluding hydrogens is 418 g/mol. The summed E-state index contributed by atoms with van der Waals surface area (Å²) < 4.78 is 5.47. The topological polar surface area (TPSA) is 80.8 Å². The van der Waals surface area contributed by atoms with Gasteiger partial charge < -0.3 is 4.74 Å². The molecule has 2 bridgehead atoms. The molecule has 6 heteroatoms. The summed E-state index contributed by atoms with van der Waals surface area (Å²) in [5.41, 5.74) is 0.789. The van der Waals surface area contributed by atoms with Crippen molar-refractivity contribution in [2.75, 3.05) is 4.90 Å². The summed E-state index contributed by atoms with van der Waals surface area (Å²) in [5, 5.41) is 0. The highest BCUT2D eigenvalue weighted by atomic mass is 16.5. The maximum Gasteiger partial charge on any atom is 0.340 e. The van der Waals surface area contributed by atoms with E-state index in [1.807, 2.05) is 0 Å². The van der Waals surface area contributed by atoms with Crippen LogP contribution in [0.4, 0.5) is 5.69 Å². The van der Waals surface area contributed by atoms with Crippen molar-refractivity contribution in [1.29, 1.82) is 0 Å². The third kappa shape index (κ3) is 2.93. The fourth-order valence-corrected chi connectivity index (χ4v) is 6.15. The molecule has 6 nitrogen and oxygen atoms in total. The summed E-state index contributed by atoms with van der Waals surface area (Å²) in [5.74, 6) is -0.997. The molecular formula is C27H23NO5. The summed E-state index contributed by atoms with van der Waals surface area (Å²) in [4.78, 5) is 53.8. The van der Waals surface area contributed by atoms with Gasteiger partial charge in [-0.1, -0.05) is 54.6 Å². The lowest BCUT2D eigenvalue weighted by Gasteiger charge is -2.37. The largest absolute Gasteiger partial charge is 0.451 e. The lowest BCUT2D eigenvalue weighted by Crippen LogP contribution is -2.40. The van der Waals surface area contributed by atoms with Gasteiger partial charge in [-0.05, 0) is 49.1 Å². The SMILES string of the molecule is C[C@H](OC(=O)c1ccccc1N1C(=O)[C@@H]2[C@H]3C=C[C@@H]([C@@H]4C[C@H]34)[C@H]2C1=O)C(=O)c1ccccc1. The molecule has 33 heavy (non-hydrogen) atoms. The third-order valence-electron chi connectivity index (χ3n) is 7.74. The predicted molar refractivity (Wildman–Crippen MR) is 119 cm³/mol. The van der Waals surface area contributed by atoms with Gasteiger partial charge in [0, 0.05) is 5.56 Å². The minimum Gasteiger partial charge on any atom is -0.451 e. The van der Waals surface area contributed by atoms with E-state index in [4.69, 9.17) is 4.74 Å². The van der Waals surface area contributed by atoms with Crippen LogP contribution in [0.25, 0.3) is 0 Å². The minimum atomic E-state index is -1.01. The van der Waals surface area contributed by atoms with Gasteiger partial charge in [0.15, 0.2) is 6.10 Å². The van der Waals surface area contributed by atoms with Crippen molar-refractivity contribution in [2.24, 2.45) is 35.5 Å². The number of ether oxygens (including phenoxy) is 1. The Bertz CT molecular complexity index is 1180. The molecule has 7 atom stereocenters. The molecule has 0 aromatic heterocycles. The molecule has 2 aromatic rings. The Labute approximate surface area is 191 Å². The Morgan fingerprint density at radius 2 is 1.45 bits per heavy atom. The number of imide groups is 1. The van der Waals surface area contributed by atoms with Crippen LogP contribution < -0.4 is 4.90 Å². The average molecular weight is 441 g/mol. The second kappa shape index (κ2) is 7.24. The summed E-state index contributed by atoms with van der Waals surface area (Å²) >= 11 is 0. The fourth-order valence-electron chi connectivity index (χ4n) is 6.15.